The van der Waals surface area contributed by atoms with E-state index in [1.807, 2.05) is 18.2 Å². The third-order valence-electron chi connectivity index (χ3n) is 3.83. The fraction of sp³-hybridized carbons (Fsp3) is 0. The van der Waals surface area contributed by atoms with Crippen molar-refractivity contribution in [2.75, 3.05) is 0 Å². The third-order valence-corrected chi connectivity index (χ3v) is 3.83. The van der Waals surface area contributed by atoms with Crippen LogP contribution in [0.5, 0.6) is 0 Å². The Morgan fingerprint density at radius 3 is 2.14 bits per heavy atom. The predicted molar refractivity (Wildman–Crippen MR) is 92.7 cm³/mol. The lowest BCUT2D eigenvalue weighted by Crippen LogP contribution is -1.82. The highest BCUT2D eigenvalue weighted by molar-refractivity contribution is 5.90. The maximum atomic E-state index is 3.31. The number of rotatable bonds is 0. The minimum absolute atomic E-state index is 0.950. The second kappa shape index (κ2) is 5.39. The molecule has 4 aromatic carbocycles. The first-order valence-electron chi connectivity index (χ1n) is 7.31. The SMILES string of the molecule is C(#Cc1cccc2ccccc12)c1[c]ccc2ccccc12. The van der Waals surface area contributed by atoms with Crippen LogP contribution >= 0.6 is 0 Å². The highest BCUT2D eigenvalue weighted by atomic mass is 14.0. The number of fused-ring (bicyclic) bond motifs is 2. The summed E-state index contributed by atoms with van der Waals surface area (Å²) in [5, 5.41) is 4.76. The minimum atomic E-state index is 0.950. The van der Waals surface area contributed by atoms with Crippen LogP contribution in [0, 0.1) is 17.9 Å². The zero-order valence-electron chi connectivity index (χ0n) is 12.0. The zero-order valence-corrected chi connectivity index (χ0v) is 12.0. The van der Waals surface area contributed by atoms with E-state index in [1.54, 1.807) is 0 Å². The normalized spacial score (nSPS) is 10.4. The second-order valence-electron chi connectivity index (χ2n) is 5.22. The van der Waals surface area contributed by atoms with Crippen molar-refractivity contribution in [1.29, 1.82) is 0 Å². The summed E-state index contributed by atoms with van der Waals surface area (Å²) in [5.74, 6) is 6.61. The molecule has 0 saturated heterocycles. The van der Waals surface area contributed by atoms with Gasteiger partial charge >= 0.3 is 0 Å². The van der Waals surface area contributed by atoms with Gasteiger partial charge in [0.15, 0.2) is 0 Å². The summed E-state index contributed by atoms with van der Waals surface area (Å²) in [4.78, 5) is 0. The summed E-state index contributed by atoms with van der Waals surface area (Å²) in [6, 6.07) is 30.1. The molecule has 1 radical (unpaired) electrons. The molecule has 0 unspecified atom stereocenters. The number of hydrogen-bond donors (Lipinski definition) is 0. The van der Waals surface area contributed by atoms with Gasteiger partial charge in [-0.2, -0.15) is 0 Å². The van der Waals surface area contributed by atoms with E-state index in [9.17, 15) is 0 Å². The van der Waals surface area contributed by atoms with E-state index in [2.05, 4.69) is 78.6 Å². The Morgan fingerprint density at radius 2 is 1.27 bits per heavy atom. The monoisotopic (exact) mass is 277 g/mol. The average molecular weight is 277 g/mol. The van der Waals surface area contributed by atoms with Gasteiger partial charge in [0.1, 0.15) is 0 Å². The van der Waals surface area contributed by atoms with Crippen molar-refractivity contribution < 1.29 is 0 Å². The fourth-order valence-electron chi connectivity index (χ4n) is 2.73. The lowest BCUT2D eigenvalue weighted by Gasteiger charge is -2.01. The minimum Gasteiger partial charge on any atom is -0.0616 e. The van der Waals surface area contributed by atoms with Crippen LogP contribution in [0.1, 0.15) is 11.1 Å². The summed E-state index contributed by atoms with van der Waals surface area (Å²) < 4.78 is 0. The molecule has 22 heavy (non-hydrogen) atoms. The van der Waals surface area contributed by atoms with Crippen LogP contribution in [0.2, 0.25) is 0 Å². The molecule has 0 nitrogen and oxygen atoms in total. The summed E-state index contributed by atoms with van der Waals surface area (Å²) in [5.41, 5.74) is 2.01. The van der Waals surface area contributed by atoms with Crippen molar-refractivity contribution in [2.24, 2.45) is 0 Å². The van der Waals surface area contributed by atoms with Crippen molar-refractivity contribution in [3.63, 3.8) is 0 Å². The van der Waals surface area contributed by atoms with Crippen molar-refractivity contribution in [1.82, 2.24) is 0 Å². The molecular formula is C22H13. The number of hydrogen-bond acceptors (Lipinski definition) is 0. The van der Waals surface area contributed by atoms with Gasteiger partial charge in [-0.25, -0.2) is 0 Å². The van der Waals surface area contributed by atoms with Crippen molar-refractivity contribution in [2.45, 2.75) is 0 Å². The summed E-state index contributed by atoms with van der Waals surface area (Å²) in [6.07, 6.45) is 0. The first-order valence-corrected chi connectivity index (χ1v) is 7.31. The number of benzene rings is 4. The molecule has 0 aromatic heterocycles. The molecule has 0 bridgehead atoms. The lowest BCUT2D eigenvalue weighted by molar-refractivity contribution is 1.67. The summed E-state index contributed by atoms with van der Waals surface area (Å²) in [7, 11) is 0. The Kier molecular flexibility index (Phi) is 3.11. The van der Waals surface area contributed by atoms with E-state index in [0.29, 0.717) is 0 Å². The van der Waals surface area contributed by atoms with Crippen molar-refractivity contribution in [3.8, 4) is 11.8 Å². The Labute approximate surface area is 130 Å². The fourth-order valence-corrected chi connectivity index (χ4v) is 2.73. The topological polar surface area (TPSA) is 0 Å². The van der Waals surface area contributed by atoms with Gasteiger partial charge in [0.2, 0.25) is 0 Å². The predicted octanol–water partition coefficient (Wildman–Crippen LogP) is 5.19. The molecule has 0 fully saturated rings. The molecule has 0 aliphatic carbocycles. The summed E-state index contributed by atoms with van der Waals surface area (Å²) >= 11 is 0. The van der Waals surface area contributed by atoms with Gasteiger partial charge in [-0.05, 0) is 33.7 Å². The third kappa shape index (κ3) is 2.24. The summed E-state index contributed by atoms with van der Waals surface area (Å²) in [6.45, 7) is 0. The van der Waals surface area contributed by atoms with Crippen LogP contribution in [0.3, 0.4) is 0 Å². The van der Waals surface area contributed by atoms with Gasteiger partial charge < -0.3 is 0 Å². The van der Waals surface area contributed by atoms with E-state index in [4.69, 9.17) is 0 Å². The Balaban J connectivity index is 1.88. The highest BCUT2D eigenvalue weighted by Crippen LogP contribution is 2.19. The molecule has 4 aromatic rings. The van der Waals surface area contributed by atoms with Crippen LogP contribution in [0.15, 0.2) is 78.9 Å². The van der Waals surface area contributed by atoms with E-state index in [0.717, 1.165) is 16.5 Å². The zero-order chi connectivity index (χ0) is 14.8. The van der Waals surface area contributed by atoms with Gasteiger partial charge in [0.05, 0.1) is 0 Å². The van der Waals surface area contributed by atoms with Crippen LogP contribution in [0.25, 0.3) is 21.5 Å². The molecule has 0 saturated carbocycles. The maximum Gasteiger partial charge on any atom is 0.0406 e. The molecule has 0 aliphatic rings. The average Bonchev–Trinajstić information content (AvgIpc) is 2.60. The molecule has 0 aliphatic heterocycles. The van der Waals surface area contributed by atoms with Crippen LogP contribution < -0.4 is 0 Å². The van der Waals surface area contributed by atoms with Crippen molar-refractivity contribution >= 4 is 21.5 Å². The highest BCUT2D eigenvalue weighted by Gasteiger charge is 1.99. The van der Waals surface area contributed by atoms with Gasteiger partial charge in [-0.15, -0.1) is 0 Å². The molecule has 0 amide bonds. The first-order chi connectivity index (χ1) is 10.9. The van der Waals surface area contributed by atoms with E-state index >= 15 is 0 Å². The maximum absolute atomic E-state index is 3.31. The van der Waals surface area contributed by atoms with Crippen LogP contribution in [-0.2, 0) is 0 Å². The van der Waals surface area contributed by atoms with E-state index in [-0.39, 0.29) is 0 Å². The van der Waals surface area contributed by atoms with Gasteiger partial charge in [0.25, 0.3) is 0 Å². The lowest BCUT2D eigenvalue weighted by atomic mass is 10.0. The van der Waals surface area contributed by atoms with Crippen LogP contribution in [0.4, 0.5) is 0 Å². The van der Waals surface area contributed by atoms with E-state index < -0.39 is 0 Å². The molecule has 0 atom stereocenters. The molecule has 0 N–H and O–H groups in total. The smallest absolute Gasteiger partial charge is 0.0406 e. The quantitative estimate of drug-likeness (QED) is 0.388. The molecule has 4 rings (SSSR count). The molecule has 0 heterocycles. The molecular weight excluding hydrogens is 264 g/mol. The standard InChI is InChI=1S/C22H13/c1-3-13-21-17(7-1)9-5-11-19(21)15-16-20-12-6-10-18-8-2-4-14-22(18)20/h1-11,13-14H. The largest absolute Gasteiger partial charge is 0.0616 e. The van der Waals surface area contributed by atoms with E-state index in [1.165, 1.54) is 16.2 Å². The van der Waals surface area contributed by atoms with Crippen LogP contribution in [-0.4, -0.2) is 0 Å². The second-order valence-corrected chi connectivity index (χ2v) is 5.22. The van der Waals surface area contributed by atoms with Gasteiger partial charge in [-0.3, -0.25) is 0 Å². The van der Waals surface area contributed by atoms with Gasteiger partial charge in [0, 0.05) is 11.1 Å². The molecule has 101 valence electrons. The molecule has 0 spiro atoms. The Morgan fingerprint density at radius 1 is 0.591 bits per heavy atom. The van der Waals surface area contributed by atoms with Gasteiger partial charge in [-0.1, -0.05) is 84.6 Å². The molecule has 0 heteroatoms. The Hall–Kier alpha value is -3.04. The Bertz CT molecular complexity index is 936. The van der Waals surface area contributed by atoms with Crippen molar-refractivity contribution in [3.05, 3.63) is 96.1 Å². The first kappa shape index (κ1) is 12.7.